The monoisotopic (exact) mass is 362 g/mol. The van der Waals surface area contributed by atoms with Crippen LogP contribution >= 0.6 is 15.9 Å². The van der Waals surface area contributed by atoms with Crippen LogP contribution in [0.1, 0.15) is 5.76 Å². The Morgan fingerprint density at radius 2 is 2.00 bits per heavy atom. The Bertz CT molecular complexity index is 902. The lowest BCUT2D eigenvalue weighted by atomic mass is 10.0. The molecule has 3 nitrogen and oxygen atoms in total. The van der Waals surface area contributed by atoms with Crippen molar-refractivity contribution in [1.29, 1.82) is 0 Å². The summed E-state index contributed by atoms with van der Waals surface area (Å²) in [7, 11) is 1.49. The fourth-order valence-electron chi connectivity index (χ4n) is 2.46. The van der Waals surface area contributed by atoms with Crippen molar-refractivity contribution in [3.8, 4) is 16.9 Å². The van der Waals surface area contributed by atoms with Gasteiger partial charge < -0.3 is 9.15 Å². The number of alkyl halides is 1. The molecule has 0 bridgehead atoms. The SMILES string of the molecule is COc1cccc2oc(CBr)c(-c3cccc(F)c3)c(=O)c12. The zero-order valence-corrected chi connectivity index (χ0v) is 13.3. The van der Waals surface area contributed by atoms with Gasteiger partial charge in [-0.05, 0) is 29.8 Å². The highest BCUT2D eigenvalue weighted by Gasteiger charge is 2.18. The predicted octanol–water partition coefficient (Wildman–Crippen LogP) is 4.50. The van der Waals surface area contributed by atoms with Crippen LogP contribution < -0.4 is 10.2 Å². The molecule has 0 spiro atoms. The normalized spacial score (nSPS) is 10.9. The standard InChI is InChI=1S/C17H12BrFO3/c1-21-12-6-3-7-13-16(12)17(20)15(14(9-18)22-13)10-4-2-5-11(19)8-10/h2-8H,9H2,1H3. The average Bonchev–Trinajstić information content (AvgIpc) is 2.53. The van der Waals surface area contributed by atoms with Gasteiger partial charge >= 0.3 is 0 Å². The molecule has 0 aliphatic heterocycles. The Labute approximate surface area is 134 Å². The van der Waals surface area contributed by atoms with E-state index in [1.165, 1.54) is 19.2 Å². The molecule has 1 heterocycles. The summed E-state index contributed by atoms with van der Waals surface area (Å²) in [6.07, 6.45) is 0. The van der Waals surface area contributed by atoms with E-state index in [0.29, 0.717) is 38.9 Å². The summed E-state index contributed by atoms with van der Waals surface area (Å²) in [4.78, 5) is 12.9. The molecule has 0 aliphatic rings. The van der Waals surface area contributed by atoms with E-state index in [0.717, 1.165) is 0 Å². The van der Waals surface area contributed by atoms with E-state index in [1.807, 2.05) is 0 Å². The Morgan fingerprint density at radius 3 is 2.68 bits per heavy atom. The highest BCUT2D eigenvalue weighted by molar-refractivity contribution is 9.08. The molecule has 0 atom stereocenters. The van der Waals surface area contributed by atoms with Crippen molar-refractivity contribution in [2.45, 2.75) is 5.33 Å². The van der Waals surface area contributed by atoms with Crippen LogP contribution in [0.15, 0.2) is 51.7 Å². The van der Waals surface area contributed by atoms with Crippen LogP contribution in [0.4, 0.5) is 4.39 Å². The van der Waals surface area contributed by atoms with Gasteiger partial charge in [0, 0.05) is 0 Å². The van der Waals surface area contributed by atoms with Gasteiger partial charge in [-0.15, -0.1) is 0 Å². The fourth-order valence-corrected chi connectivity index (χ4v) is 2.85. The molecule has 0 saturated carbocycles. The van der Waals surface area contributed by atoms with E-state index in [4.69, 9.17) is 9.15 Å². The molecule has 3 aromatic rings. The van der Waals surface area contributed by atoms with Crippen LogP contribution in [0.5, 0.6) is 5.75 Å². The molecule has 2 aromatic carbocycles. The predicted molar refractivity (Wildman–Crippen MR) is 87.1 cm³/mol. The van der Waals surface area contributed by atoms with Gasteiger partial charge in [-0.1, -0.05) is 34.1 Å². The summed E-state index contributed by atoms with van der Waals surface area (Å²) in [6, 6.07) is 11.1. The number of hydrogen-bond acceptors (Lipinski definition) is 3. The van der Waals surface area contributed by atoms with Gasteiger partial charge in [0.1, 0.15) is 28.3 Å². The van der Waals surface area contributed by atoms with Gasteiger partial charge in [-0.3, -0.25) is 4.79 Å². The lowest BCUT2D eigenvalue weighted by Crippen LogP contribution is -2.09. The Morgan fingerprint density at radius 1 is 1.23 bits per heavy atom. The molecule has 3 rings (SSSR count). The summed E-state index contributed by atoms with van der Waals surface area (Å²) < 4.78 is 24.6. The summed E-state index contributed by atoms with van der Waals surface area (Å²) in [5.74, 6) is 0.485. The third-order valence-electron chi connectivity index (χ3n) is 3.41. The van der Waals surface area contributed by atoms with Crippen molar-refractivity contribution in [2.75, 3.05) is 7.11 Å². The lowest BCUT2D eigenvalue weighted by Gasteiger charge is -2.10. The van der Waals surface area contributed by atoms with Crippen LogP contribution in [0.2, 0.25) is 0 Å². The average molecular weight is 363 g/mol. The molecule has 1 aromatic heterocycles. The second-order valence-corrected chi connectivity index (χ2v) is 5.27. The van der Waals surface area contributed by atoms with Crippen LogP contribution in [0, 0.1) is 5.82 Å². The fraction of sp³-hybridized carbons (Fsp3) is 0.118. The zero-order chi connectivity index (χ0) is 15.7. The first-order valence-electron chi connectivity index (χ1n) is 6.60. The minimum atomic E-state index is -0.405. The summed E-state index contributed by atoms with van der Waals surface area (Å²) in [5, 5.41) is 0.704. The minimum Gasteiger partial charge on any atom is -0.496 e. The van der Waals surface area contributed by atoms with E-state index < -0.39 is 5.82 Å². The van der Waals surface area contributed by atoms with Gasteiger partial charge in [0.2, 0.25) is 5.43 Å². The van der Waals surface area contributed by atoms with Gasteiger partial charge in [-0.2, -0.15) is 0 Å². The van der Waals surface area contributed by atoms with Crippen molar-refractivity contribution in [2.24, 2.45) is 0 Å². The van der Waals surface area contributed by atoms with E-state index in [-0.39, 0.29) is 5.43 Å². The molecule has 22 heavy (non-hydrogen) atoms. The first kappa shape index (κ1) is 14.8. The number of ether oxygens (including phenoxy) is 1. The van der Waals surface area contributed by atoms with Crippen molar-refractivity contribution in [1.82, 2.24) is 0 Å². The molecule has 0 unspecified atom stereocenters. The molecule has 0 saturated heterocycles. The van der Waals surface area contributed by atoms with Crippen molar-refractivity contribution >= 4 is 26.9 Å². The third-order valence-corrected chi connectivity index (χ3v) is 3.92. The van der Waals surface area contributed by atoms with Gasteiger partial charge in [-0.25, -0.2) is 4.39 Å². The molecule has 0 radical (unpaired) electrons. The maximum Gasteiger partial charge on any atom is 0.204 e. The lowest BCUT2D eigenvalue weighted by molar-refractivity contribution is 0.418. The van der Waals surface area contributed by atoms with Crippen molar-refractivity contribution in [3.05, 3.63) is 64.3 Å². The molecule has 5 heteroatoms. The second-order valence-electron chi connectivity index (χ2n) is 4.71. The second kappa shape index (κ2) is 5.93. The number of halogens is 2. The Kier molecular flexibility index (Phi) is 3.98. The third kappa shape index (κ3) is 2.41. The number of methoxy groups -OCH3 is 1. The topological polar surface area (TPSA) is 39.4 Å². The first-order chi connectivity index (χ1) is 10.7. The Hall–Kier alpha value is -2.14. The van der Waals surface area contributed by atoms with Crippen LogP contribution in [0.25, 0.3) is 22.1 Å². The smallest absolute Gasteiger partial charge is 0.204 e. The molecular weight excluding hydrogens is 351 g/mol. The van der Waals surface area contributed by atoms with Crippen molar-refractivity contribution < 1.29 is 13.5 Å². The Balaban J connectivity index is 2.43. The number of rotatable bonds is 3. The molecule has 0 fully saturated rings. The molecule has 0 N–H and O–H groups in total. The highest BCUT2D eigenvalue weighted by atomic mass is 79.9. The van der Waals surface area contributed by atoms with Crippen LogP contribution in [-0.2, 0) is 5.33 Å². The zero-order valence-electron chi connectivity index (χ0n) is 11.7. The molecule has 0 aliphatic carbocycles. The van der Waals surface area contributed by atoms with Gasteiger partial charge in [0.25, 0.3) is 0 Å². The van der Waals surface area contributed by atoms with Gasteiger partial charge in [0.15, 0.2) is 0 Å². The largest absolute Gasteiger partial charge is 0.496 e. The van der Waals surface area contributed by atoms with E-state index >= 15 is 0 Å². The van der Waals surface area contributed by atoms with Crippen LogP contribution in [-0.4, -0.2) is 7.11 Å². The summed E-state index contributed by atoms with van der Waals surface area (Å²) in [5.41, 5.74) is 1.03. The van der Waals surface area contributed by atoms with E-state index in [1.54, 1.807) is 30.3 Å². The first-order valence-corrected chi connectivity index (χ1v) is 7.72. The summed E-state index contributed by atoms with van der Waals surface area (Å²) >= 11 is 3.32. The minimum absolute atomic E-state index is 0.237. The van der Waals surface area contributed by atoms with E-state index in [9.17, 15) is 9.18 Å². The van der Waals surface area contributed by atoms with Gasteiger partial charge in [0.05, 0.1) is 18.0 Å². The highest BCUT2D eigenvalue weighted by Crippen LogP contribution is 2.30. The quantitative estimate of drug-likeness (QED) is 0.643. The maximum absolute atomic E-state index is 13.5. The molecule has 0 amide bonds. The van der Waals surface area contributed by atoms with E-state index in [2.05, 4.69) is 15.9 Å². The molecular formula is C17H12BrFO3. The van der Waals surface area contributed by atoms with Crippen LogP contribution in [0.3, 0.4) is 0 Å². The number of fused-ring (bicyclic) bond motifs is 1. The number of benzene rings is 2. The summed E-state index contributed by atoms with van der Waals surface area (Å²) in [6.45, 7) is 0. The van der Waals surface area contributed by atoms with Crippen molar-refractivity contribution in [3.63, 3.8) is 0 Å². The maximum atomic E-state index is 13.5. The molecule has 112 valence electrons. The number of hydrogen-bond donors (Lipinski definition) is 0.